The Morgan fingerprint density at radius 2 is 2.00 bits per heavy atom. The van der Waals surface area contributed by atoms with E-state index in [0.717, 1.165) is 6.07 Å². The number of nitrogens with zero attached hydrogens (tertiary/aromatic N) is 1. The molecular weight excluding hydrogens is 205 g/mol. The van der Waals surface area contributed by atoms with Gasteiger partial charge in [0.15, 0.2) is 0 Å². The first-order valence-corrected chi connectivity index (χ1v) is 4.21. The quantitative estimate of drug-likeness (QED) is 0.780. The molecule has 0 aliphatic carbocycles. The third-order valence-electron chi connectivity index (χ3n) is 2.00. The van der Waals surface area contributed by atoms with Crippen LogP contribution in [0.4, 0.5) is 13.2 Å². The number of benzene rings is 1. The third kappa shape index (κ3) is 2.28. The van der Waals surface area contributed by atoms with Crippen molar-refractivity contribution in [2.45, 2.75) is 19.6 Å². The van der Waals surface area contributed by atoms with Crippen LogP contribution in [0.5, 0.6) is 0 Å². The molecule has 0 amide bonds. The van der Waals surface area contributed by atoms with Crippen molar-refractivity contribution < 1.29 is 13.2 Å². The van der Waals surface area contributed by atoms with Crippen LogP contribution in [0.15, 0.2) is 12.1 Å². The summed E-state index contributed by atoms with van der Waals surface area (Å²) in [6.45, 7) is 1.46. The highest BCUT2D eigenvalue weighted by Gasteiger charge is 2.34. The number of rotatable bonds is 1. The topological polar surface area (TPSA) is 49.8 Å². The van der Waals surface area contributed by atoms with E-state index < -0.39 is 11.7 Å². The Kier molecular flexibility index (Phi) is 3.01. The maximum absolute atomic E-state index is 12.5. The smallest absolute Gasteiger partial charge is 0.326 e. The van der Waals surface area contributed by atoms with Gasteiger partial charge in [-0.3, -0.25) is 0 Å². The molecule has 1 rings (SSSR count). The lowest BCUT2D eigenvalue weighted by Gasteiger charge is -2.12. The molecule has 0 saturated heterocycles. The number of alkyl halides is 3. The Hall–Kier alpha value is -1.54. The van der Waals surface area contributed by atoms with Crippen molar-refractivity contribution in [1.29, 1.82) is 5.26 Å². The lowest BCUT2D eigenvalue weighted by Crippen LogP contribution is -2.12. The first-order chi connectivity index (χ1) is 6.90. The molecule has 1 aromatic carbocycles. The Balaban J connectivity index is 3.51. The molecule has 0 aromatic heterocycles. The summed E-state index contributed by atoms with van der Waals surface area (Å²) in [5, 5.41) is 8.68. The second-order valence-electron chi connectivity index (χ2n) is 3.16. The van der Waals surface area contributed by atoms with Gasteiger partial charge in [0.2, 0.25) is 0 Å². The van der Waals surface area contributed by atoms with Gasteiger partial charge >= 0.3 is 6.18 Å². The summed E-state index contributed by atoms with van der Waals surface area (Å²) in [7, 11) is 0. The highest BCUT2D eigenvalue weighted by atomic mass is 19.4. The maximum atomic E-state index is 12.5. The van der Waals surface area contributed by atoms with Gasteiger partial charge in [0.25, 0.3) is 0 Å². The van der Waals surface area contributed by atoms with Crippen LogP contribution in [0.2, 0.25) is 0 Å². The van der Waals surface area contributed by atoms with Crippen LogP contribution in [0.3, 0.4) is 0 Å². The van der Waals surface area contributed by atoms with Gasteiger partial charge in [0.1, 0.15) is 6.07 Å². The van der Waals surface area contributed by atoms with Gasteiger partial charge in [-0.2, -0.15) is 18.4 Å². The zero-order chi connectivity index (χ0) is 11.6. The van der Waals surface area contributed by atoms with E-state index in [1.165, 1.54) is 13.0 Å². The van der Waals surface area contributed by atoms with Gasteiger partial charge in [-0.1, -0.05) is 11.6 Å². The summed E-state index contributed by atoms with van der Waals surface area (Å²) in [4.78, 5) is 0. The van der Waals surface area contributed by atoms with Crippen LogP contribution < -0.4 is 5.73 Å². The van der Waals surface area contributed by atoms with Crippen LogP contribution in [0, 0.1) is 18.3 Å². The van der Waals surface area contributed by atoms with E-state index in [2.05, 4.69) is 0 Å². The zero-order valence-corrected chi connectivity index (χ0v) is 8.02. The summed E-state index contributed by atoms with van der Waals surface area (Å²) in [6.07, 6.45) is -4.51. The van der Waals surface area contributed by atoms with E-state index in [1.807, 2.05) is 0 Å². The van der Waals surface area contributed by atoms with Gasteiger partial charge in [0.05, 0.1) is 11.1 Å². The van der Waals surface area contributed by atoms with Crippen LogP contribution >= 0.6 is 0 Å². The average Bonchev–Trinajstić information content (AvgIpc) is 2.15. The van der Waals surface area contributed by atoms with E-state index in [0.29, 0.717) is 5.56 Å². The Morgan fingerprint density at radius 3 is 2.40 bits per heavy atom. The highest BCUT2D eigenvalue weighted by molar-refractivity contribution is 5.48. The number of nitriles is 1. The zero-order valence-electron chi connectivity index (χ0n) is 8.02. The van der Waals surface area contributed by atoms with Crippen LogP contribution in [-0.4, -0.2) is 0 Å². The molecule has 0 aliphatic heterocycles. The van der Waals surface area contributed by atoms with Gasteiger partial charge in [0, 0.05) is 6.54 Å². The first-order valence-electron chi connectivity index (χ1n) is 4.21. The number of hydrogen-bond donors (Lipinski definition) is 1. The molecule has 5 heteroatoms. The van der Waals surface area contributed by atoms with E-state index in [1.54, 1.807) is 6.07 Å². The molecule has 0 bridgehead atoms. The van der Waals surface area contributed by atoms with Gasteiger partial charge in [-0.15, -0.1) is 0 Å². The van der Waals surface area contributed by atoms with Crippen LogP contribution in [0.1, 0.15) is 22.3 Å². The molecule has 0 heterocycles. The summed E-state index contributed by atoms with van der Waals surface area (Å²) < 4.78 is 37.6. The summed E-state index contributed by atoms with van der Waals surface area (Å²) in [5.74, 6) is 0. The Bertz CT molecular complexity index is 416. The minimum Gasteiger partial charge on any atom is -0.326 e. The van der Waals surface area contributed by atoms with Gasteiger partial charge in [-0.05, 0) is 18.6 Å². The molecular formula is C10H9F3N2. The standard InChI is InChI=1S/C10H9F3N2/c1-6-2-7(4-14)8(5-15)9(3-6)10(11,12)13/h2-3H,4,14H2,1H3. The lowest BCUT2D eigenvalue weighted by molar-refractivity contribution is -0.137. The number of nitrogens with two attached hydrogens (primary N) is 1. The van der Waals surface area contributed by atoms with E-state index >= 15 is 0 Å². The van der Waals surface area contributed by atoms with E-state index in [9.17, 15) is 13.2 Å². The van der Waals surface area contributed by atoms with Crippen molar-refractivity contribution in [3.8, 4) is 6.07 Å². The Labute approximate surface area is 85.1 Å². The first kappa shape index (κ1) is 11.5. The number of hydrogen-bond acceptors (Lipinski definition) is 2. The SMILES string of the molecule is Cc1cc(CN)c(C#N)c(C(F)(F)F)c1. The summed E-state index contributed by atoms with van der Waals surface area (Å²) >= 11 is 0. The highest BCUT2D eigenvalue weighted by Crippen LogP contribution is 2.33. The monoisotopic (exact) mass is 214 g/mol. The molecule has 80 valence electrons. The molecule has 0 atom stereocenters. The molecule has 0 aliphatic rings. The van der Waals surface area contributed by atoms with Crippen molar-refractivity contribution in [2.24, 2.45) is 5.73 Å². The van der Waals surface area contributed by atoms with Crippen molar-refractivity contribution in [2.75, 3.05) is 0 Å². The van der Waals surface area contributed by atoms with E-state index in [4.69, 9.17) is 11.0 Å². The second kappa shape index (κ2) is 3.91. The molecule has 2 N–H and O–H groups in total. The minimum absolute atomic E-state index is 0.0757. The third-order valence-corrected chi connectivity index (χ3v) is 2.00. The van der Waals surface area contributed by atoms with Crippen molar-refractivity contribution in [3.05, 3.63) is 34.4 Å². The molecule has 0 radical (unpaired) electrons. The number of aryl methyl sites for hydroxylation is 1. The molecule has 2 nitrogen and oxygen atoms in total. The van der Waals surface area contributed by atoms with Crippen molar-refractivity contribution in [3.63, 3.8) is 0 Å². The number of halogens is 3. The molecule has 0 unspecified atom stereocenters. The van der Waals surface area contributed by atoms with Crippen LogP contribution in [0.25, 0.3) is 0 Å². The molecule has 15 heavy (non-hydrogen) atoms. The van der Waals surface area contributed by atoms with E-state index in [-0.39, 0.29) is 17.7 Å². The fourth-order valence-corrected chi connectivity index (χ4v) is 1.38. The van der Waals surface area contributed by atoms with Crippen molar-refractivity contribution >= 4 is 0 Å². The second-order valence-corrected chi connectivity index (χ2v) is 3.16. The fraction of sp³-hybridized carbons (Fsp3) is 0.300. The molecule has 0 saturated carbocycles. The molecule has 0 spiro atoms. The van der Waals surface area contributed by atoms with Crippen molar-refractivity contribution in [1.82, 2.24) is 0 Å². The predicted octanol–water partition coefficient (Wildman–Crippen LogP) is 2.34. The van der Waals surface area contributed by atoms with Gasteiger partial charge < -0.3 is 5.73 Å². The Morgan fingerprint density at radius 1 is 1.40 bits per heavy atom. The lowest BCUT2D eigenvalue weighted by atomic mass is 9.98. The van der Waals surface area contributed by atoms with Gasteiger partial charge in [-0.25, -0.2) is 0 Å². The largest absolute Gasteiger partial charge is 0.417 e. The molecule has 1 aromatic rings. The minimum atomic E-state index is -4.51. The summed E-state index contributed by atoms with van der Waals surface area (Å²) in [6, 6.07) is 4.00. The predicted molar refractivity (Wildman–Crippen MR) is 48.8 cm³/mol. The average molecular weight is 214 g/mol. The van der Waals surface area contributed by atoms with Crippen LogP contribution in [-0.2, 0) is 12.7 Å². The summed E-state index contributed by atoms with van der Waals surface area (Å²) in [5.41, 5.74) is 4.67. The maximum Gasteiger partial charge on any atom is 0.417 e. The normalized spacial score (nSPS) is 11.2. The fourth-order valence-electron chi connectivity index (χ4n) is 1.38. The molecule has 0 fully saturated rings.